The molecule has 0 N–H and O–H groups in total. The molecular formula is C9H10N2O. The van der Waals surface area contributed by atoms with Crippen molar-refractivity contribution in [3.8, 4) is 0 Å². The van der Waals surface area contributed by atoms with Crippen LogP contribution in [0.25, 0.3) is 5.70 Å². The zero-order valence-corrected chi connectivity index (χ0v) is 7.16. The Bertz CT molecular complexity index is 397. The van der Waals surface area contributed by atoms with E-state index in [-0.39, 0.29) is 5.43 Å². The van der Waals surface area contributed by atoms with E-state index in [0.717, 1.165) is 5.70 Å². The Morgan fingerprint density at radius 3 is 2.92 bits per heavy atom. The average molecular weight is 162 g/mol. The summed E-state index contributed by atoms with van der Waals surface area (Å²) in [6.45, 7) is 6.99. The highest BCUT2D eigenvalue weighted by Gasteiger charge is 1.95. The monoisotopic (exact) mass is 162 g/mol. The molecule has 1 aromatic rings. The Morgan fingerprint density at radius 1 is 1.75 bits per heavy atom. The maximum absolute atomic E-state index is 11.0. The molecule has 0 bridgehead atoms. The van der Waals surface area contributed by atoms with Crippen LogP contribution in [-0.4, -0.2) is 9.78 Å². The van der Waals surface area contributed by atoms with Crippen molar-refractivity contribution in [3.63, 3.8) is 0 Å². The van der Waals surface area contributed by atoms with E-state index in [4.69, 9.17) is 0 Å². The van der Waals surface area contributed by atoms with Gasteiger partial charge in [0.15, 0.2) is 0 Å². The van der Waals surface area contributed by atoms with Crippen molar-refractivity contribution < 1.29 is 0 Å². The maximum Gasteiger partial charge on any atom is 0.203 e. The van der Waals surface area contributed by atoms with Gasteiger partial charge in [0, 0.05) is 12.3 Å². The number of aryl methyl sites for hydroxylation is 1. The van der Waals surface area contributed by atoms with E-state index in [1.807, 2.05) is 6.92 Å². The van der Waals surface area contributed by atoms with Crippen molar-refractivity contribution in [3.05, 3.63) is 40.5 Å². The first kappa shape index (κ1) is 8.50. The molecule has 0 aromatic carbocycles. The second-order valence-corrected chi connectivity index (χ2v) is 2.47. The van der Waals surface area contributed by atoms with Crippen molar-refractivity contribution in [2.75, 3.05) is 0 Å². The number of aromatic nitrogens is 2. The summed E-state index contributed by atoms with van der Waals surface area (Å²) in [5.41, 5.74) is 3.90. The molecule has 1 rings (SSSR count). The second-order valence-electron chi connectivity index (χ2n) is 2.47. The molecule has 0 spiro atoms. The molecule has 1 heterocycles. The quantitative estimate of drug-likeness (QED) is 0.581. The number of rotatable bonds is 1. The fraction of sp³-hybridized carbons (Fsp3) is 0.222. The number of allylic oxidation sites excluding steroid dienone is 1. The molecule has 62 valence electrons. The normalized spacial score (nSPS) is 9.17. The van der Waals surface area contributed by atoms with Crippen LogP contribution in [0.4, 0.5) is 0 Å². The number of nitrogens with zero attached hydrogens (tertiary/aromatic N) is 2. The van der Waals surface area contributed by atoms with E-state index in [2.05, 4.69) is 17.4 Å². The summed E-state index contributed by atoms with van der Waals surface area (Å²) in [4.78, 5) is 11.0. The third kappa shape index (κ3) is 1.52. The van der Waals surface area contributed by atoms with Gasteiger partial charge in [-0.2, -0.15) is 5.10 Å². The maximum atomic E-state index is 11.0. The van der Waals surface area contributed by atoms with Gasteiger partial charge in [-0.3, -0.25) is 4.79 Å². The first-order chi connectivity index (χ1) is 5.65. The molecule has 0 radical (unpaired) electrons. The van der Waals surface area contributed by atoms with Crippen LogP contribution in [0, 0.1) is 6.92 Å². The molecule has 12 heavy (non-hydrogen) atoms. The van der Waals surface area contributed by atoms with E-state index >= 15 is 0 Å². The van der Waals surface area contributed by atoms with Crippen LogP contribution >= 0.6 is 0 Å². The molecule has 0 saturated heterocycles. The Morgan fingerprint density at radius 2 is 2.42 bits per heavy atom. The molecule has 3 nitrogen and oxygen atoms in total. The van der Waals surface area contributed by atoms with Crippen LogP contribution in [0.5, 0.6) is 0 Å². The van der Waals surface area contributed by atoms with E-state index in [9.17, 15) is 4.79 Å². The summed E-state index contributed by atoms with van der Waals surface area (Å²) in [5, 5.41) is 4.01. The molecule has 1 aromatic heterocycles. The van der Waals surface area contributed by atoms with Crippen LogP contribution in [-0.2, 0) is 0 Å². The summed E-state index contributed by atoms with van der Waals surface area (Å²) in [5.74, 6) is 0. The minimum atomic E-state index is -0.0527. The van der Waals surface area contributed by atoms with Crippen LogP contribution < -0.4 is 5.43 Å². The molecule has 0 aliphatic heterocycles. The predicted molar refractivity (Wildman–Crippen MR) is 47.8 cm³/mol. The van der Waals surface area contributed by atoms with Gasteiger partial charge in [-0.15, -0.1) is 5.73 Å². The molecule has 0 saturated carbocycles. The minimum Gasteiger partial charge on any atom is -0.288 e. The topological polar surface area (TPSA) is 34.9 Å². The van der Waals surface area contributed by atoms with E-state index in [0.29, 0.717) is 5.69 Å². The molecule has 3 heteroatoms. The van der Waals surface area contributed by atoms with Gasteiger partial charge in [0.2, 0.25) is 5.43 Å². The van der Waals surface area contributed by atoms with E-state index in [1.165, 1.54) is 6.07 Å². The fourth-order valence-corrected chi connectivity index (χ4v) is 0.771. The van der Waals surface area contributed by atoms with E-state index < -0.39 is 0 Å². The molecule has 0 fully saturated rings. The van der Waals surface area contributed by atoms with Crippen LogP contribution in [0.2, 0.25) is 0 Å². The van der Waals surface area contributed by atoms with Gasteiger partial charge < -0.3 is 0 Å². The summed E-state index contributed by atoms with van der Waals surface area (Å²) in [7, 11) is 0. The lowest BCUT2D eigenvalue weighted by atomic mass is 10.4. The molecule has 0 aliphatic carbocycles. The van der Waals surface area contributed by atoms with Gasteiger partial charge in [0.1, 0.15) is 5.69 Å². The summed E-state index contributed by atoms with van der Waals surface area (Å²) in [6.07, 6.45) is 1.60. The highest BCUT2D eigenvalue weighted by molar-refractivity contribution is 5.38. The van der Waals surface area contributed by atoms with E-state index in [1.54, 1.807) is 17.8 Å². The van der Waals surface area contributed by atoms with Gasteiger partial charge in [-0.05, 0) is 13.8 Å². The van der Waals surface area contributed by atoms with Crippen LogP contribution in [0.3, 0.4) is 0 Å². The number of hydrogen-bond donors (Lipinski definition) is 0. The fourth-order valence-electron chi connectivity index (χ4n) is 0.771. The Hall–Kier alpha value is -1.60. The third-order valence-electron chi connectivity index (χ3n) is 1.58. The zero-order valence-electron chi connectivity index (χ0n) is 7.16. The molecule has 0 atom stereocenters. The van der Waals surface area contributed by atoms with Gasteiger partial charge >= 0.3 is 0 Å². The standard InChI is InChI=1S/C9H10N2O/c1-4-7(2)11-6-5-9(12)8(3)10-11/h5-6H,1H2,2-3H3. The van der Waals surface area contributed by atoms with Gasteiger partial charge in [0.05, 0.1) is 5.70 Å². The largest absolute Gasteiger partial charge is 0.288 e. The van der Waals surface area contributed by atoms with Crippen molar-refractivity contribution in [2.45, 2.75) is 13.8 Å². The highest BCUT2D eigenvalue weighted by atomic mass is 16.1. The summed E-state index contributed by atoms with van der Waals surface area (Å²) < 4.78 is 1.57. The Balaban J connectivity index is 3.31. The first-order valence-electron chi connectivity index (χ1n) is 3.59. The van der Waals surface area contributed by atoms with Gasteiger partial charge in [-0.1, -0.05) is 6.58 Å². The molecule has 0 unspecified atom stereocenters. The minimum absolute atomic E-state index is 0.0527. The third-order valence-corrected chi connectivity index (χ3v) is 1.58. The highest BCUT2D eigenvalue weighted by Crippen LogP contribution is 1.95. The van der Waals surface area contributed by atoms with Crippen molar-refractivity contribution >= 4 is 5.70 Å². The molecular weight excluding hydrogens is 152 g/mol. The summed E-state index contributed by atoms with van der Waals surface area (Å²) >= 11 is 0. The van der Waals surface area contributed by atoms with Crippen LogP contribution in [0.1, 0.15) is 12.6 Å². The smallest absolute Gasteiger partial charge is 0.203 e. The van der Waals surface area contributed by atoms with Crippen molar-refractivity contribution in [2.24, 2.45) is 0 Å². The average Bonchev–Trinajstić information content (AvgIpc) is 2.08. The van der Waals surface area contributed by atoms with Gasteiger partial charge in [-0.25, -0.2) is 4.68 Å². The van der Waals surface area contributed by atoms with Crippen molar-refractivity contribution in [1.29, 1.82) is 0 Å². The molecule has 0 aliphatic rings. The first-order valence-corrected chi connectivity index (χ1v) is 3.59. The lowest BCUT2D eigenvalue weighted by Gasteiger charge is -2.01. The Labute approximate surface area is 70.7 Å². The van der Waals surface area contributed by atoms with Gasteiger partial charge in [0.25, 0.3) is 0 Å². The lowest BCUT2D eigenvalue weighted by Crippen LogP contribution is -2.12. The number of hydrogen-bond acceptors (Lipinski definition) is 2. The van der Waals surface area contributed by atoms with Crippen LogP contribution in [0.15, 0.2) is 29.4 Å². The molecule has 0 amide bonds. The van der Waals surface area contributed by atoms with Crippen molar-refractivity contribution in [1.82, 2.24) is 9.78 Å². The second kappa shape index (κ2) is 3.20. The summed E-state index contributed by atoms with van der Waals surface area (Å²) in [6, 6.07) is 1.48. The SMILES string of the molecule is C=C=C(C)n1ccc(=O)c(C)n1. The lowest BCUT2D eigenvalue weighted by molar-refractivity contribution is 0.823. The predicted octanol–water partition coefficient (Wildman–Crippen LogP) is 1.20. The zero-order chi connectivity index (χ0) is 9.14. The Kier molecular flexibility index (Phi) is 2.26.